The lowest BCUT2D eigenvalue weighted by Crippen LogP contribution is -2.10. The second kappa shape index (κ2) is 4.14. The molecule has 1 rings (SSSR count). The third-order valence-electron chi connectivity index (χ3n) is 2.02. The van der Waals surface area contributed by atoms with Crippen LogP contribution in [0, 0.1) is 0 Å². The molecule has 0 saturated heterocycles. The van der Waals surface area contributed by atoms with Gasteiger partial charge in [0.05, 0.1) is 5.45 Å². The largest absolute Gasteiger partial charge is 0.375 e. The van der Waals surface area contributed by atoms with E-state index < -0.39 is 0 Å². The van der Waals surface area contributed by atoms with Gasteiger partial charge in [-0.1, -0.05) is 48.8 Å². The molecule has 0 heterocycles. The van der Waals surface area contributed by atoms with Crippen molar-refractivity contribution in [2.75, 3.05) is 10.8 Å². The Morgan fingerprint density at radius 1 is 1.15 bits per heavy atom. The molecule has 0 saturated carbocycles. The lowest BCUT2D eigenvalue weighted by atomic mass is 9.87. The van der Waals surface area contributed by atoms with Crippen LogP contribution in [0.2, 0.25) is 0 Å². The van der Waals surface area contributed by atoms with Crippen molar-refractivity contribution in [1.82, 2.24) is 0 Å². The molecule has 0 aromatic heterocycles. The topological polar surface area (TPSA) is 12.0 Å². The SMILES string of the molecule is CC(C)(C)c1ccc(NCBr)cc1. The molecule has 2 heteroatoms. The third kappa shape index (κ3) is 3.03. The molecule has 1 aromatic carbocycles. The van der Waals surface area contributed by atoms with E-state index in [1.807, 2.05) is 0 Å². The summed E-state index contributed by atoms with van der Waals surface area (Å²) in [7, 11) is 0. The minimum Gasteiger partial charge on any atom is -0.375 e. The van der Waals surface area contributed by atoms with Crippen molar-refractivity contribution >= 4 is 21.6 Å². The van der Waals surface area contributed by atoms with Crippen LogP contribution in [-0.4, -0.2) is 5.45 Å². The zero-order valence-corrected chi connectivity index (χ0v) is 9.98. The Morgan fingerprint density at radius 3 is 2.08 bits per heavy atom. The van der Waals surface area contributed by atoms with E-state index in [1.165, 1.54) is 5.56 Å². The molecule has 0 unspecified atom stereocenters. The van der Waals surface area contributed by atoms with Crippen molar-refractivity contribution in [1.29, 1.82) is 0 Å². The van der Waals surface area contributed by atoms with Crippen LogP contribution in [0.3, 0.4) is 0 Å². The van der Waals surface area contributed by atoms with Crippen molar-refractivity contribution in [3.63, 3.8) is 0 Å². The maximum atomic E-state index is 3.33. The highest BCUT2D eigenvalue weighted by molar-refractivity contribution is 9.09. The average molecular weight is 242 g/mol. The van der Waals surface area contributed by atoms with Crippen LogP contribution in [0.1, 0.15) is 26.3 Å². The van der Waals surface area contributed by atoms with Crippen molar-refractivity contribution in [3.8, 4) is 0 Å². The quantitative estimate of drug-likeness (QED) is 0.615. The maximum Gasteiger partial charge on any atom is 0.0707 e. The van der Waals surface area contributed by atoms with Crippen LogP contribution in [0.15, 0.2) is 24.3 Å². The van der Waals surface area contributed by atoms with Gasteiger partial charge in [-0.2, -0.15) is 0 Å². The minimum absolute atomic E-state index is 0.243. The number of rotatable bonds is 2. The number of hydrogen-bond acceptors (Lipinski definition) is 1. The van der Waals surface area contributed by atoms with Gasteiger partial charge in [-0.05, 0) is 23.1 Å². The number of anilines is 1. The molecular weight excluding hydrogens is 226 g/mol. The minimum atomic E-state index is 0.243. The number of benzene rings is 1. The molecule has 0 radical (unpaired) electrons. The summed E-state index contributed by atoms with van der Waals surface area (Å²) in [5.41, 5.74) is 3.56. The molecule has 0 bridgehead atoms. The molecule has 0 atom stereocenters. The van der Waals surface area contributed by atoms with Gasteiger partial charge in [0.15, 0.2) is 0 Å². The lowest BCUT2D eigenvalue weighted by molar-refractivity contribution is 0.590. The first kappa shape index (κ1) is 10.6. The number of nitrogens with one attached hydrogen (secondary N) is 1. The number of halogens is 1. The summed E-state index contributed by atoms with van der Waals surface area (Å²) in [4.78, 5) is 0. The highest BCUT2D eigenvalue weighted by atomic mass is 79.9. The van der Waals surface area contributed by atoms with Gasteiger partial charge < -0.3 is 5.32 Å². The van der Waals surface area contributed by atoms with Crippen molar-refractivity contribution in [2.24, 2.45) is 0 Å². The molecule has 0 aliphatic rings. The van der Waals surface area contributed by atoms with Crippen LogP contribution in [0.25, 0.3) is 0 Å². The van der Waals surface area contributed by atoms with Gasteiger partial charge in [-0.15, -0.1) is 0 Å². The van der Waals surface area contributed by atoms with Gasteiger partial charge in [0.2, 0.25) is 0 Å². The standard InChI is InChI=1S/C11H16BrN/c1-11(2,3)9-4-6-10(7-5-9)13-8-12/h4-7,13H,8H2,1-3H3. The molecule has 13 heavy (non-hydrogen) atoms. The Kier molecular flexibility index (Phi) is 3.37. The second-order valence-corrected chi connectivity index (χ2v) is 4.70. The van der Waals surface area contributed by atoms with Crippen LogP contribution in [-0.2, 0) is 5.41 Å². The van der Waals surface area contributed by atoms with Gasteiger partial charge in [-0.3, -0.25) is 0 Å². The molecule has 0 aliphatic heterocycles. The zero-order valence-electron chi connectivity index (χ0n) is 8.39. The predicted molar refractivity (Wildman–Crippen MR) is 62.6 cm³/mol. The van der Waals surface area contributed by atoms with Gasteiger partial charge in [0, 0.05) is 5.69 Å². The van der Waals surface area contributed by atoms with Gasteiger partial charge >= 0.3 is 0 Å². The Morgan fingerprint density at radius 2 is 1.69 bits per heavy atom. The van der Waals surface area contributed by atoms with Crippen LogP contribution >= 0.6 is 15.9 Å². The average Bonchev–Trinajstić information content (AvgIpc) is 2.04. The van der Waals surface area contributed by atoms with Crippen LogP contribution in [0.5, 0.6) is 0 Å². The Balaban J connectivity index is 2.81. The fraction of sp³-hybridized carbons (Fsp3) is 0.455. The van der Waals surface area contributed by atoms with E-state index in [2.05, 4.69) is 66.3 Å². The maximum absolute atomic E-state index is 3.33. The number of hydrogen-bond donors (Lipinski definition) is 1. The molecule has 0 amide bonds. The zero-order chi connectivity index (χ0) is 9.90. The fourth-order valence-electron chi connectivity index (χ4n) is 1.17. The molecule has 0 fully saturated rings. The predicted octanol–water partition coefficient (Wildman–Crippen LogP) is 3.75. The summed E-state index contributed by atoms with van der Waals surface area (Å²) in [6.45, 7) is 6.67. The van der Waals surface area contributed by atoms with Crippen molar-refractivity contribution in [2.45, 2.75) is 26.2 Å². The summed E-state index contributed by atoms with van der Waals surface area (Å²) >= 11 is 3.33. The van der Waals surface area contributed by atoms with Crippen LogP contribution < -0.4 is 5.32 Å². The van der Waals surface area contributed by atoms with Gasteiger partial charge in [0.1, 0.15) is 0 Å². The normalized spacial score (nSPS) is 11.4. The Labute approximate surface area is 88.7 Å². The first-order chi connectivity index (χ1) is 6.04. The molecular formula is C11H16BrN. The summed E-state index contributed by atoms with van der Waals surface area (Å²) < 4.78 is 0. The smallest absolute Gasteiger partial charge is 0.0707 e. The van der Waals surface area contributed by atoms with E-state index in [9.17, 15) is 0 Å². The lowest BCUT2D eigenvalue weighted by Gasteiger charge is -2.19. The highest BCUT2D eigenvalue weighted by Crippen LogP contribution is 2.23. The monoisotopic (exact) mass is 241 g/mol. The van der Waals surface area contributed by atoms with E-state index in [0.29, 0.717) is 0 Å². The van der Waals surface area contributed by atoms with Crippen molar-refractivity contribution < 1.29 is 0 Å². The van der Waals surface area contributed by atoms with E-state index in [4.69, 9.17) is 0 Å². The van der Waals surface area contributed by atoms with E-state index in [0.717, 1.165) is 11.1 Å². The van der Waals surface area contributed by atoms with E-state index in [1.54, 1.807) is 0 Å². The van der Waals surface area contributed by atoms with Crippen molar-refractivity contribution in [3.05, 3.63) is 29.8 Å². The summed E-state index contributed by atoms with van der Waals surface area (Å²) in [5, 5.41) is 3.20. The first-order valence-corrected chi connectivity index (χ1v) is 5.56. The fourth-order valence-corrected chi connectivity index (χ4v) is 1.49. The summed E-state index contributed by atoms with van der Waals surface area (Å²) in [5.74, 6) is 0. The second-order valence-electron chi connectivity index (χ2n) is 4.14. The van der Waals surface area contributed by atoms with Crippen LogP contribution in [0.4, 0.5) is 5.69 Å². The highest BCUT2D eigenvalue weighted by Gasteiger charge is 2.12. The molecule has 0 aliphatic carbocycles. The third-order valence-corrected chi connectivity index (χ3v) is 2.30. The molecule has 1 aromatic rings. The summed E-state index contributed by atoms with van der Waals surface area (Å²) in [6, 6.07) is 8.57. The Bertz CT molecular complexity index is 258. The Hall–Kier alpha value is -0.500. The summed E-state index contributed by atoms with van der Waals surface area (Å²) in [6.07, 6.45) is 0. The molecule has 72 valence electrons. The number of alkyl halides is 1. The molecule has 0 spiro atoms. The van der Waals surface area contributed by atoms with E-state index in [-0.39, 0.29) is 5.41 Å². The van der Waals surface area contributed by atoms with Gasteiger partial charge in [-0.25, -0.2) is 0 Å². The first-order valence-electron chi connectivity index (χ1n) is 4.44. The molecule has 1 N–H and O–H groups in total. The molecule has 1 nitrogen and oxygen atoms in total. The van der Waals surface area contributed by atoms with Gasteiger partial charge in [0.25, 0.3) is 0 Å². The van der Waals surface area contributed by atoms with E-state index >= 15 is 0 Å².